The van der Waals surface area contributed by atoms with E-state index in [0.29, 0.717) is 30.6 Å². The van der Waals surface area contributed by atoms with Crippen LogP contribution < -0.4 is 0 Å². The molecule has 2 rings (SSSR count). The van der Waals surface area contributed by atoms with Crippen molar-refractivity contribution in [2.24, 2.45) is 0 Å². The Bertz CT molecular complexity index is 499. The molecular formula is C16H22FNO2. The van der Waals surface area contributed by atoms with Crippen molar-refractivity contribution in [1.29, 1.82) is 0 Å². The van der Waals surface area contributed by atoms with Crippen molar-refractivity contribution in [3.63, 3.8) is 0 Å². The molecule has 1 aromatic rings. The summed E-state index contributed by atoms with van der Waals surface area (Å²) < 4.78 is 13.4. The summed E-state index contributed by atoms with van der Waals surface area (Å²) in [5.74, 6) is -0.383. The van der Waals surface area contributed by atoms with E-state index in [0.717, 1.165) is 19.4 Å². The summed E-state index contributed by atoms with van der Waals surface area (Å²) in [5, 5.41) is 10.0. The van der Waals surface area contributed by atoms with Crippen LogP contribution >= 0.6 is 0 Å². The molecule has 1 N–H and O–H groups in total. The van der Waals surface area contributed by atoms with Gasteiger partial charge < -0.3 is 10.0 Å². The van der Waals surface area contributed by atoms with E-state index >= 15 is 0 Å². The average Bonchev–Trinajstić information content (AvgIpc) is 2.38. The van der Waals surface area contributed by atoms with Crippen LogP contribution in [0.15, 0.2) is 18.2 Å². The molecular weight excluding hydrogens is 257 g/mol. The molecule has 110 valence electrons. The van der Waals surface area contributed by atoms with Crippen LogP contribution in [0.4, 0.5) is 4.39 Å². The number of hydrogen-bond donors (Lipinski definition) is 1. The Balaban J connectivity index is 1.90. The quantitative estimate of drug-likeness (QED) is 0.861. The fraction of sp³-hybridized carbons (Fsp3) is 0.562. The fourth-order valence-corrected chi connectivity index (χ4v) is 2.68. The van der Waals surface area contributed by atoms with Gasteiger partial charge in [0.05, 0.1) is 5.60 Å². The first-order valence-corrected chi connectivity index (χ1v) is 7.11. The smallest absolute Gasteiger partial charge is 0.164 e. The Morgan fingerprint density at radius 1 is 1.50 bits per heavy atom. The monoisotopic (exact) mass is 279 g/mol. The predicted molar refractivity (Wildman–Crippen MR) is 76.4 cm³/mol. The summed E-state index contributed by atoms with van der Waals surface area (Å²) >= 11 is 0. The highest BCUT2D eigenvalue weighted by molar-refractivity contribution is 5.96. The van der Waals surface area contributed by atoms with Crippen molar-refractivity contribution in [2.75, 3.05) is 19.6 Å². The normalized spacial score (nSPS) is 23.8. The first-order valence-electron chi connectivity index (χ1n) is 7.11. The molecule has 1 heterocycles. The largest absolute Gasteiger partial charge is 0.389 e. The van der Waals surface area contributed by atoms with Gasteiger partial charge in [0.15, 0.2) is 5.78 Å². The van der Waals surface area contributed by atoms with Crippen LogP contribution in [-0.4, -0.2) is 41.0 Å². The molecule has 1 aromatic carbocycles. The molecule has 0 aromatic heterocycles. The lowest BCUT2D eigenvalue weighted by molar-refractivity contribution is -0.0153. The second-order valence-electron chi connectivity index (χ2n) is 6.01. The highest BCUT2D eigenvalue weighted by atomic mass is 19.1. The third-order valence-electron chi connectivity index (χ3n) is 3.90. The van der Waals surface area contributed by atoms with E-state index in [4.69, 9.17) is 0 Å². The number of benzene rings is 1. The highest BCUT2D eigenvalue weighted by Crippen LogP contribution is 2.20. The van der Waals surface area contributed by atoms with Crippen molar-refractivity contribution in [3.8, 4) is 0 Å². The Labute approximate surface area is 119 Å². The lowest BCUT2D eigenvalue weighted by Gasteiger charge is -2.36. The van der Waals surface area contributed by atoms with E-state index in [9.17, 15) is 14.3 Å². The number of ketones is 1. The van der Waals surface area contributed by atoms with Gasteiger partial charge in [-0.05, 0) is 44.9 Å². The summed E-state index contributed by atoms with van der Waals surface area (Å²) in [7, 11) is 0. The number of carbonyl (C=O) groups excluding carboxylic acids is 1. The number of carbonyl (C=O) groups is 1. The highest BCUT2D eigenvalue weighted by Gasteiger charge is 2.28. The molecule has 1 fully saturated rings. The molecule has 0 spiro atoms. The molecule has 1 aliphatic heterocycles. The van der Waals surface area contributed by atoms with Crippen molar-refractivity contribution < 1.29 is 14.3 Å². The van der Waals surface area contributed by atoms with Crippen molar-refractivity contribution in [3.05, 3.63) is 35.1 Å². The Hall–Kier alpha value is -1.26. The van der Waals surface area contributed by atoms with Crippen LogP contribution in [0.1, 0.15) is 42.1 Å². The van der Waals surface area contributed by atoms with E-state index in [1.54, 1.807) is 19.1 Å². The van der Waals surface area contributed by atoms with Gasteiger partial charge in [-0.3, -0.25) is 4.79 Å². The summed E-state index contributed by atoms with van der Waals surface area (Å²) in [5.41, 5.74) is 0.322. The Kier molecular flexibility index (Phi) is 4.55. The van der Waals surface area contributed by atoms with Crippen LogP contribution in [-0.2, 0) is 0 Å². The summed E-state index contributed by atoms with van der Waals surface area (Å²) in [6.07, 6.45) is 2.11. The lowest BCUT2D eigenvalue weighted by atomic mass is 9.95. The molecule has 20 heavy (non-hydrogen) atoms. The Morgan fingerprint density at radius 3 is 2.90 bits per heavy atom. The maximum absolute atomic E-state index is 13.4. The van der Waals surface area contributed by atoms with Crippen molar-refractivity contribution >= 4 is 5.78 Å². The van der Waals surface area contributed by atoms with Gasteiger partial charge in [0.2, 0.25) is 0 Å². The van der Waals surface area contributed by atoms with E-state index in [-0.39, 0.29) is 11.6 Å². The van der Waals surface area contributed by atoms with E-state index in [1.807, 2.05) is 6.92 Å². The third kappa shape index (κ3) is 3.87. The summed E-state index contributed by atoms with van der Waals surface area (Å²) in [6, 6.07) is 4.62. The molecule has 1 atom stereocenters. The van der Waals surface area contributed by atoms with Gasteiger partial charge in [-0.25, -0.2) is 4.39 Å². The number of Topliss-reactive ketones (excluding diaryl/α,β-unsaturated/α-hetero) is 1. The van der Waals surface area contributed by atoms with E-state index in [1.165, 1.54) is 6.07 Å². The molecule has 0 bridgehead atoms. The summed E-state index contributed by atoms with van der Waals surface area (Å²) in [4.78, 5) is 14.2. The maximum Gasteiger partial charge on any atom is 0.164 e. The first-order chi connectivity index (χ1) is 9.37. The number of halogens is 1. The number of aryl methyl sites for hydroxylation is 1. The third-order valence-corrected chi connectivity index (χ3v) is 3.90. The van der Waals surface area contributed by atoms with Gasteiger partial charge in [0.25, 0.3) is 0 Å². The van der Waals surface area contributed by atoms with Gasteiger partial charge in [-0.15, -0.1) is 0 Å². The number of β-amino-alcohol motifs (C(OH)–C–C–N with tert-alkyl or cyclic N) is 1. The number of nitrogens with zero attached hydrogens (tertiary/aromatic N) is 1. The van der Waals surface area contributed by atoms with Crippen molar-refractivity contribution in [1.82, 2.24) is 4.90 Å². The van der Waals surface area contributed by atoms with Gasteiger partial charge in [-0.2, -0.15) is 0 Å². The maximum atomic E-state index is 13.4. The number of hydrogen-bond acceptors (Lipinski definition) is 3. The minimum absolute atomic E-state index is 0.0471. The number of piperidine rings is 1. The minimum Gasteiger partial charge on any atom is -0.389 e. The van der Waals surface area contributed by atoms with E-state index < -0.39 is 5.60 Å². The van der Waals surface area contributed by atoms with Gasteiger partial charge in [-0.1, -0.05) is 12.1 Å². The van der Waals surface area contributed by atoms with Crippen LogP contribution in [0.2, 0.25) is 0 Å². The zero-order valence-corrected chi connectivity index (χ0v) is 12.2. The van der Waals surface area contributed by atoms with Gasteiger partial charge in [0.1, 0.15) is 5.82 Å². The number of rotatable bonds is 4. The summed E-state index contributed by atoms with van der Waals surface area (Å²) in [6.45, 7) is 5.63. The van der Waals surface area contributed by atoms with Crippen LogP contribution in [0.25, 0.3) is 0 Å². The second-order valence-corrected chi connectivity index (χ2v) is 6.01. The molecule has 1 aliphatic rings. The fourth-order valence-electron chi connectivity index (χ4n) is 2.68. The van der Waals surface area contributed by atoms with Crippen molar-refractivity contribution in [2.45, 2.75) is 38.7 Å². The topological polar surface area (TPSA) is 40.5 Å². The molecule has 0 amide bonds. The lowest BCUT2D eigenvalue weighted by Crippen LogP contribution is -2.46. The second kappa shape index (κ2) is 6.02. The average molecular weight is 279 g/mol. The van der Waals surface area contributed by atoms with Gasteiger partial charge >= 0.3 is 0 Å². The molecule has 4 heteroatoms. The SMILES string of the molecule is Cc1ccc(C(=O)CCN2CCCC(C)(O)C2)cc1F. The molecule has 0 aliphatic carbocycles. The van der Waals surface area contributed by atoms with Crippen LogP contribution in [0.5, 0.6) is 0 Å². The zero-order valence-electron chi connectivity index (χ0n) is 12.2. The predicted octanol–water partition coefficient (Wildman–Crippen LogP) is 2.55. The zero-order chi connectivity index (χ0) is 14.8. The first kappa shape index (κ1) is 15.1. The molecule has 1 saturated heterocycles. The Morgan fingerprint density at radius 2 is 2.25 bits per heavy atom. The van der Waals surface area contributed by atoms with Gasteiger partial charge in [0, 0.05) is 25.1 Å². The van der Waals surface area contributed by atoms with Crippen LogP contribution in [0.3, 0.4) is 0 Å². The molecule has 0 radical (unpaired) electrons. The molecule has 3 nitrogen and oxygen atoms in total. The number of likely N-dealkylation sites (tertiary alicyclic amines) is 1. The standard InChI is InChI=1S/C16H22FNO2/c1-12-4-5-13(10-14(12)17)15(19)6-9-18-8-3-7-16(2,20)11-18/h4-5,10,20H,3,6-9,11H2,1-2H3. The van der Waals surface area contributed by atoms with E-state index in [2.05, 4.69) is 4.90 Å². The minimum atomic E-state index is -0.655. The molecule has 0 saturated carbocycles. The van der Waals surface area contributed by atoms with Crippen LogP contribution in [0, 0.1) is 12.7 Å². The number of aliphatic hydroxyl groups is 1. The molecule has 1 unspecified atom stereocenters.